The summed E-state index contributed by atoms with van der Waals surface area (Å²) < 4.78 is 0. The van der Waals surface area contributed by atoms with Gasteiger partial charge in [0.15, 0.2) is 0 Å². The molecule has 50 heavy (non-hydrogen) atoms. The molecule has 5 atom stereocenters. The highest BCUT2D eigenvalue weighted by molar-refractivity contribution is 6.37. The van der Waals surface area contributed by atoms with Gasteiger partial charge in [0.05, 0.1) is 12.1 Å². The summed E-state index contributed by atoms with van der Waals surface area (Å²) in [6.07, 6.45) is 8.64. The predicted molar refractivity (Wildman–Crippen MR) is 192 cm³/mol. The Hall–Kier alpha value is -3.70. The minimum absolute atomic E-state index is 0.0461. The number of primary amides is 1. The molecule has 4 fully saturated rings. The number of nitrogens with one attached hydrogen (secondary N) is 4. The predicted octanol–water partition coefficient (Wildman–Crippen LogP) is 4.15. The van der Waals surface area contributed by atoms with Crippen LogP contribution < -0.4 is 27.0 Å². The number of hydrogen-bond acceptors (Lipinski definition) is 7. The summed E-state index contributed by atoms with van der Waals surface area (Å²) in [5.74, 6) is -1.74. The Morgan fingerprint density at radius 2 is 1.62 bits per heavy atom. The Kier molecular flexibility index (Phi) is 10.1. The average molecular weight is 694 g/mol. The maximum Gasteiger partial charge on any atom is 0.315 e. The van der Waals surface area contributed by atoms with Crippen LogP contribution in [0.15, 0.2) is 24.4 Å². The maximum atomic E-state index is 14.8. The second-order valence-corrected chi connectivity index (χ2v) is 18.1. The number of carbonyl (C=O) groups is 5. The van der Waals surface area contributed by atoms with Gasteiger partial charge in [-0.25, -0.2) is 9.78 Å². The van der Waals surface area contributed by atoms with Gasteiger partial charge in [-0.3, -0.25) is 19.2 Å². The van der Waals surface area contributed by atoms with Crippen molar-refractivity contribution in [2.24, 2.45) is 38.7 Å². The van der Waals surface area contributed by atoms with Crippen LogP contribution in [-0.2, 0) is 19.2 Å². The minimum atomic E-state index is -1.08. The third-order valence-corrected chi connectivity index (χ3v) is 13.0. The van der Waals surface area contributed by atoms with Gasteiger partial charge in [0, 0.05) is 24.7 Å². The van der Waals surface area contributed by atoms with Gasteiger partial charge in [0.2, 0.25) is 17.6 Å². The highest BCUT2D eigenvalue weighted by Crippen LogP contribution is 2.88. The largest absolute Gasteiger partial charge is 0.368 e. The van der Waals surface area contributed by atoms with Crippen LogP contribution in [0.5, 0.6) is 0 Å². The molecule has 1 saturated heterocycles. The van der Waals surface area contributed by atoms with Gasteiger partial charge in [-0.1, -0.05) is 87.1 Å². The Balaban J connectivity index is 1.38. The van der Waals surface area contributed by atoms with Crippen LogP contribution in [0.4, 0.5) is 10.6 Å². The standard InChI is InChI=1S/C38H59N7O5/c1-34(2,3)26(21-41-27-15-9-10-18-40-27)43-33(50)44-29(35(4,5)6)32(49)45-22-38(36(7,8)37(38)16-12-17-37)20-25(45)31(48)42-24(28(46)30(39)47)19-23-13-11-14-23/h9-10,15,18,23-26,29H,11-14,16-17,19-22H2,1-8H3,(H2,39,47)(H,40,41)(H,42,48)(H2,43,44,50)/t24?,25-,26+,29+,38?/m0/s1. The molecule has 3 aliphatic carbocycles. The van der Waals surface area contributed by atoms with Crippen molar-refractivity contribution in [3.8, 4) is 0 Å². The number of carbonyl (C=O) groups excluding carboxylic acids is 5. The number of likely N-dealkylation sites (tertiary alicyclic amines) is 1. The van der Waals surface area contributed by atoms with Crippen molar-refractivity contribution in [3.63, 3.8) is 0 Å². The highest BCUT2D eigenvalue weighted by atomic mass is 16.2. The number of urea groups is 1. The van der Waals surface area contributed by atoms with Crippen molar-refractivity contribution in [1.29, 1.82) is 0 Å². The van der Waals surface area contributed by atoms with E-state index in [-0.39, 0.29) is 39.5 Å². The van der Waals surface area contributed by atoms with Crippen molar-refractivity contribution in [1.82, 2.24) is 25.8 Å². The van der Waals surface area contributed by atoms with E-state index in [0.717, 1.165) is 38.5 Å². The number of fused-ring (bicyclic) bond motifs is 1. The molecular formula is C38H59N7O5. The number of nitrogens with zero attached hydrogens (tertiary/aromatic N) is 2. The van der Waals surface area contributed by atoms with Gasteiger partial charge in [0.25, 0.3) is 5.91 Å². The third kappa shape index (κ3) is 6.83. The molecule has 3 saturated carbocycles. The first-order chi connectivity index (χ1) is 23.2. The van der Waals surface area contributed by atoms with E-state index >= 15 is 0 Å². The van der Waals surface area contributed by atoms with Crippen molar-refractivity contribution in [2.45, 2.75) is 131 Å². The van der Waals surface area contributed by atoms with Crippen LogP contribution in [0.3, 0.4) is 0 Å². The summed E-state index contributed by atoms with van der Waals surface area (Å²) in [5.41, 5.74) is 4.10. The SMILES string of the molecule is CC(C)(C)[C@H](NC(=O)N[C@H](CNc1ccccn1)C(C)(C)C)C(=O)N1CC2(C[C@H]1C(=O)NC(CC1CCC1)C(=O)C(N)=O)C(C)(C)C21CCC1. The van der Waals surface area contributed by atoms with E-state index in [4.69, 9.17) is 5.73 Å². The van der Waals surface area contributed by atoms with E-state index in [0.29, 0.717) is 31.7 Å². The lowest BCUT2D eigenvalue weighted by Gasteiger charge is -2.37. The quantitative estimate of drug-likeness (QED) is 0.204. The van der Waals surface area contributed by atoms with Crippen LogP contribution in [-0.4, -0.2) is 76.7 Å². The molecule has 1 aliphatic heterocycles. The molecule has 5 amide bonds. The fraction of sp³-hybridized carbons (Fsp3) is 0.737. The Labute approximate surface area is 297 Å². The fourth-order valence-electron chi connectivity index (χ4n) is 9.19. The van der Waals surface area contributed by atoms with Gasteiger partial charge in [-0.2, -0.15) is 0 Å². The van der Waals surface area contributed by atoms with Crippen LogP contribution >= 0.6 is 0 Å². The van der Waals surface area contributed by atoms with Gasteiger partial charge in [-0.05, 0) is 65.4 Å². The van der Waals surface area contributed by atoms with Gasteiger partial charge in [-0.15, -0.1) is 0 Å². The summed E-state index contributed by atoms with van der Waals surface area (Å²) in [7, 11) is 0. The van der Waals surface area contributed by atoms with E-state index in [9.17, 15) is 24.0 Å². The first-order valence-corrected chi connectivity index (χ1v) is 18.4. The molecule has 6 N–H and O–H groups in total. The van der Waals surface area contributed by atoms with Crippen molar-refractivity contribution in [2.75, 3.05) is 18.4 Å². The van der Waals surface area contributed by atoms with Crippen molar-refractivity contribution < 1.29 is 24.0 Å². The molecule has 12 heteroatoms. The summed E-state index contributed by atoms with van der Waals surface area (Å²) >= 11 is 0. The topological polar surface area (TPSA) is 176 Å². The summed E-state index contributed by atoms with van der Waals surface area (Å²) in [5, 5.41) is 12.2. The van der Waals surface area contributed by atoms with Crippen LogP contribution in [0, 0.1) is 33.0 Å². The van der Waals surface area contributed by atoms with Crippen molar-refractivity contribution in [3.05, 3.63) is 24.4 Å². The normalized spacial score (nSPS) is 25.4. The number of pyridine rings is 1. The van der Waals surface area contributed by atoms with E-state index in [2.05, 4.69) is 40.1 Å². The monoisotopic (exact) mass is 693 g/mol. The lowest BCUT2D eigenvalue weighted by molar-refractivity contribution is -0.143. The molecular weight excluding hydrogens is 634 g/mol. The van der Waals surface area contributed by atoms with Gasteiger partial charge >= 0.3 is 6.03 Å². The number of ketones is 1. The zero-order chi connectivity index (χ0) is 36.9. The Bertz CT molecular complexity index is 1470. The molecule has 1 aromatic heterocycles. The summed E-state index contributed by atoms with van der Waals surface area (Å²) in [6.45, 7) is 17.1. The number of nitrogens with two attached hydrogens (primary N) is 1. The smallest absolute Gasteiger partial charge is 0.315 e. The summed E-state index contributed by atoms with van der Waals surface area (Å²) in [4.78, 5) is 73.6. The molecule has 2 heterocycles. The van der Waals surface area contributed by atoms with Crippen LogP contribution in [0.1, 0.15) is 107 Å². The maximum absolute atomic E-state index is 14.8. The number of anilines is 1. The van der Waals surface area contributed by atoms with E-state index in [1.165, 1.54) is 0 Å². The second-order valence-electron chi connectivity index (χ2n) is 18.1. The molecule has 12 nitrogen and oxygen atoms in total. The molecule has 2 spiro atoms. The zero-order valence-electron chi connectivity index (χ0n) is 31.3. The lowest BCUT2D eigenvalue weighted by atomic mass is 9.73. The molecule has 2 unspecified atom stereocenters. The third-order valence-electron chi connectivity index (χ3n) is 13.0. The van der Waals surface area contributed by atoms with E-state index < -0.39 is 47.2 Å². The van der Waals surface area contributed by atoms with Gasteiger partial charge in [0.1, 0.15) is 17.9 Å². The molecule has 4 aliphatic rings. The number of aromatic nitrogens is 1. The Morgan fingerprint density at radius 1 is 0.940 bits per heavy atom. The number of Topliss-reactive ketones (excluding diaryl/α,β-unsaturated/α-hetero) is 1. The number of amides is 5. The van der Waals surface area contributed by atoms with Crippen LogP contribution in [0.25, 0.3) is 0 Å². The molecule has 5 rings (SSSR count). The van der Waals surface area contributed by atoms with Crippen molar-refractivity contribution >= 4 is 35.4 Å². The highest BCUT2D eigenvalue weighted by Gasteiger charge is 2.85. The van der Waals surface area contributed by atoms with Crippen LogP contribution in [0.2, 0.25) is 0 Å². The molecule has 0 radical (unpaired) electrons. The first kappa shape index (κ1) is 37.6. The van der Waals surface area contributed by atoms with E-state index in [1.807, 2.05) is 59.7 Å². The average Bonchev–Trinajstić information content (AvgIpc) is 3.21. The molecule has 0 aromatic carbocycles. The first-order valence-electron chi connectivity index (χ1n) is 18.4. The zero-order valence-corrected chi connectivity index (χ0v) is 31.3. The summed E-state index contributed by atoms with van der Waals surface area (Å²) in [6, 6.07) is 1.96. The minimum Gasteiger partial charge on any atom is -0.368 e. The number of hydrogen-bond donors (Lipinski definition) is 5. The van der Waals surface area contributed by atoms with Gasteiger partial charge < -0.3 is 31.9 Å². The number of rotatable bonds is 12. The fourth-order valence-corrected chi connectivity index (χ4v) is 9.19. The van der Waals surface area contributed by atoms with E-state index in [1.54, 1.807) is 11.1 Å². The molecule has 1 aromatic rings. The lowest BCUT2D eigenvalue weighted by Crippen LogP contribution is -2.61. The molecule has 0 bridgehead atoms. The second kappa shape index (κ2) is 13.5. The Morgan fingerprint density at radius 3 is 2.10 bits per heavy atom. The molecule has 276 valence electrons.